The van der Waals surface area contributed by atoms with Crippen molar-refractivity contribution in [2.24, 2.45) is 5.92 Å². The van der Waals surface area contributed by atoms with E-state index in [1.165, 1.54) is 16.2 Å². The molecule has 2 amide bonds. The van der Waals surface area contributed by atoms with Gasteiger partial charge in [0, 0.05) is 25.5 Å². The van der Waals surface area contributed by atoms with Crippen LogP contribution in [0.4, 0.5) is 0 Å². The van der Waals surface area contributed by atoms with Crippen molar-refractivity contribution in [2.75, 3.05) is 26.7 Å². The number of aliphatic carboxylic acids is 1. The van der Waals surface area contributed by atoms with Crippen molar-refractivity contribution >= 4 is 29.1 Å². The van der Waals surface area contributed by atoms with Crippen LogP contribution >= 0.6 is 11.3 Å². The first kappa shape index (κ1) is 15.5. The highest BCUT2D eigenvalue weighted by Crippen LogP contribution is 2.17. The van der Waals surface area contributed by atoms with Gasteiger partial charge in [-0.05, 0) is 24.3 Å². The third-order valence-electron chi connectivity index (χ3n) is 3.61. The Morgan fingerprint density at radius 1 is 1.48 bits per heavy atom. The van der Waals surface area contributed by atoms with Crippen molar-refractivity contribution in [3.05, 3.63) is 22.4 Å². The Labute approximate surface area is 127 Å². The molecule has 1 aromatic heterocycles. The molecular formula is C14H18N2O4S. The second-order valence-electron chi connectivity index (χ2n) is 5.19. The summed E-state index contributed by atoms with van der Waals surface area (Å²) in [4.78, 5) is 38.2. The molecular weight excluding hydrogens is 292 g/mol. The Hall–Kier alpha value is -1.89. The predicted octanol–water partition coefficient (Wildman–Crippen LogP) is 1.14. The summed E-state index contributed by atoms with van der Waals surface area (Å²) in [6, 6.07) is 1.72. The van der Waals surface area contributed by atoms with E-state index in [1.54, 1.807) is 23.4 Å². The number of hydrogen-bond acceptors (Lipinski definition) is 4. The number of amides is 2. The maximum Gasteiger partial charge on any atom is 0.308 e. The van der Waals surface area contributed by atoms with Crippen molar-refractivity contribution in [2.45, 2.75) is 12.8 Å². The van der Waals surface area contributed by atoms with Crippen LogP contribution in [0.15, 0.2) is 16.8 Å². The van der Waals surface area contributed by atoms with Gasteiger partial charge in [-0.25, -0.2) is 0 Å². The largest absolute Gasteiger partial charge is 0.481 e. The van der Waals surface area contributed by atoms with E-state index in [0.29, 0.717) is 24.9 Å². The van der Waals surface area contributed by atoms with E-state index < -0.39 is 11.9 Å². The van der Waals surface area contributed by atoms with Gasteiger partial charge in [-0.2, -0.15) is 11.3 Å². The van der Waals surface area contributed by atoms with Crippen molar-refractivity contribution in [1.29, 1.82) is 0 Å². The SMILES string of the molecule is CN(CC(=O)N1CCCC(C(=O)O)C1)C(=O)c1ccsc1. The summed E-state index contributed by atoms with van der Waals surface area (Å²) in [6.45, 7) is 0.763. The van der Waals surface area contributed by atoms with Gasteiger partial charge in [0.05, 0.1) is 18.0 Å². The van der Waals surface area contributed by atoms with Crippen LogP contribution in [0.5, 0.6) is 0 Å². The summed E-state index contributed by atoms with van der Waals surface area (Å²) in [5, 5.41) is 12.6. The Kier molecular flexibility index (Phi) is 4.95. The summed E-state index contributed by atoms with van der Waals surface area (Å²) in [6.07, 6.45) is 1.29. The van der Waals surface area contributed by atoms with Gasteiger partial charge in [0.1, 0.15) is 0 Å². The Bertz CT molecular complexity index is 529. The van der Waals surface area contributed by atoms with Gasteiger partial charge in [0.15, 0.2) is 0 Å². The van der Waals surface area contributed by atoms with Crippen LogP contribution in [0.25, 0.3) is 0 Å². The van der Waals surface area contributed by atoms with Crippen molar-refractivity contribution in [3.8, 4) is 0 Å². The zero-order chi connectivity index (χ0) is 15.4. The molecule has 0 bridgehead atoms. The van der Waals surface area contributed by atoms with E-state index in [1.807, 2.05) is 5.38 Å². The second-order valence-corrected chi connectivity index (χ2v) is 5.97. The number of carboxylic acid groups (broad SMARTS) is 1. The average Bonchev–Trinajstić information content (AvgIpc) is 3.00. The van der Waals surface area contributed by atoms with Crippen molar-refractivity contribution in [3.63, 3.8) is 0 Å². The van der Waals surface area contributed by atoms with Gasteiger partial charge in [-0.3, -0.25) is 14.4 Å². The smallest absolute Gasteiger partial charge is 0.308 e. The molecule has 0 aliphatic carbocycles. The molecule has 114 valence electrons. The van der Waals surface area contributed by atoms with E-state index in [2.05, 4.69) is 0 Å². The number of piperidine rings is 1. The molecule has 0 saturated carbocycles. The quantitative estimate of drug-likeness (QED) is 0.904. The number of likely N-dealkylation sites (N-methyl/N-ethyl adjacent to an activating group) is 1. The highest BCUT2D eigenvalue weighted by Gasteiger charge is 2.29. The summed E-state index contributed by atoms with van der Waals surface area (Å²) >= 11 is 1.43. The molecule has 2 heterocycles. The number of carbonyl (C=O) groups is 3. The minimum Gasteiger partial charge on any atom is -0.481 e. The van der Waals surface area contributed by atoms with Crippen molar-refractivity contribution < 1.29 is 19.5 Å². The fraction of sp³-hybridized carbons (Fsp3) is 0.500. The third-order valence-corrected chi connectivity index (χ3v) is 4.29. The number of thiophene rings is 1. The topological polar surface area (TPSA) is 77.9 Å². The van der Waals surface area contributed by atoms with Crippen LogP contribution in [0.3, 0.4) is 0 Å². The highest BCUT2D eigenvalue weighted by molar-refractivity contribution is 7.08. The lowest BCUT2D eigenvalue weighted by Crippen LogP contribution is -2.46. The van der Waals surface area contributed by atoms with Gasteiger partial charge >= 0.3 is 5.97 Å². The Balaban J connectivity index is 1.91. The Morgan fingerprint density at radius 3 is 2.86 bits per heavy atom. The second kappa shape index (κ2) is 6.71. The average molecular weight is 310 g/mol. The van der Waals surface area contributed by atoms with Gasteiger partial charge in [-0.15, -0.1) is 0 Å². The molecule has 1 atom stereocenters. The molecule has 0 spiro atoms. The van der Waals surface area contributed by atoms with E-state index >= 15 is 0 Å². The van der Waals surface area contributed by atoms with E-state index in [-0.39, 0.29) is 24.9 Å². The number of rotatable bonds is 4. The van der Waals surface area contributed by atoms with Gasteiger partial charge in [0.25, 0.3) is 5.91 Å². The number of likely N-dealkylation sites (tertiary alicyclic amines) is 1. The molecule has 7 heteroatoms. The molecule has 1 saturated heterocycles. The van der Waals surface area contributed by atoms with E-state index in [4.69, 9.17) is 5.11 Å². The summed E-state index contributed by atoms with van der Waals surface area (Å²) in [5.74, 6) is -1.76. The fourth-order valence-electron chi connectivity index (χ4n) is 2.39. The molecule has 1 aromatic rings. The molecule has 0 aromatic carbocycles. The monoisotopic (exact) mass is 310 g/mol. The molecule has 1 fully saturated rings. The lowest BCUT2D eigenvalue weighted by molar-refractivity contribution is -0.145. The van der Waals surface area contributed by atoms with Crippen LogP contribution in [0.1, 0.15) is 23.2 Å². The first-order chi connectivity index (χ1) is 9.99. The van der Waals surface area contributed by atoms with Crippen LogP contribution in [-0.4, -0.2) is 59.4 Å². The summed E-state index contributed by atoms with van der Waals surface area (Å²) < 4.78 is 0. The van der Waals surface area contributed by atoms with Gasteiger partial charge < -0.3 is 14.9 Å². The number of carboxylic acids is 1. The molecule has 1 aliphatic heterocycles. The fourth-order valence-corrected chi connectivity index (χ4v) is 3.02. The molecule has 1 N–H and O–H groups in total. The molecule has 2 rings (SSSR count). The maximum atomic E-state index is 12.2. The molecule has 0 radical (unpaired) electrons. The molecule has 1 aliphatic rings. The zero-order valence-electron chi connectivity index (χ0n) is 11.8. The predicted molar refractivity (Wildman–Crippen MR) is 78.2 cm³/mol. The Morgan fingerprint density at radius 2 is 2.24 bits per heavy atom. The maximum absolute atomic E-state index is 12.2. The standard InChI is InChI=1S/C14H18N2O4S/c1-15(13(18)11-4-6-21-9-11)8-12(17)16-5-2-3-10(7-16)14(19)20/h4,6,9-10H,2-3,5,7-8H2,1H3,(H,19,20). The molecule has 6 nitrogen and oxygen atoms in total. The van der Waals surface area contributed by atoms with Crippen molar-refractivity contribution in [1.82, 2.24) is 9.80 Å². The first-order valence-electron chi connectivity index (χ1n) is 6.77. The zero-order valence-corrected chi connectivity index (χ0v) is 12.6. The van der Waals surface area contributed by atoms with Crippen LogP contribution in [-0.2, 0) is 9.59 Å². The van der Waals surface area contributed by atoms with E-state index in [0.717, 1.165) is 0 Å². The summed E-state index contributed by atoms with van der Waals surface area (Å²) in [5.41, 5.74) is 0.567. The molecule has 1 unspecified atom stereocenters. The van der Waals surface area contributed by atoms with Crippen LogP contribution < -0.4 is 0 Å². The normalized spacial score (nSPS) is 18.3. The van der Waals surface area contributed by atoms with Crippen LogP contribution in [0.2, 0.25) is 0 Å². The van der Waals surface area contributed by atoms with Gasteiger partial charge in [0.2, 0.25) is 5.91 Å². The minimum absolute atomic E-state index is 0.0268. The number of hydrogen-bond donors (Lipinski definition) is 1. The van der Waals surface area contributed by atoms with E-state index in [9.17, 15) is 14.4 Å². The lowest BCUT2D eigenvalue weighted by Gasteiger charge is -2.32. The first-order valence-corrected chi connectivity index (χ1v) is 7.71. The van der Waals surface area contributed by atoms with Gasteiger partial charge in [-0.1, -0.05) is 0 Å². The minimum atomic E-state index is -0.866. The third kappa shape index (κ3) is 3.81. The summed E-state index contributed by atoms with van der Waals surface area (Å²) in [7, 11) is 1.58. The number of nitrogens with zero attached hydrogens (tertiary/aromatic N) is 2. The highest BCUT2D eigenvalue weighted by atomic mass is 32.1. The molecule has 21 heavy (non-hydrogen) atoms. The van der Waals surface area contributed by atoms with Crippen LogP contribution in [0, 0.1) is 5.92 Å². The lowest BCUT2D eigenvalue weighted by atomic mass is 9.98. The number of carbonyl (C=O) groups excluding carboxylic acids is 2.